The number of thioether (sulfide) groups is 1. The standard InChI is InChI=1S/C22H25N3O5S2/c1-4-9-25-20(28)18(32-22(25)24-21-23-14(3)13-31-21)12-15-6-7-16(17(11-15)29-5-2)30-10-8-19(26)27/h6-7,11-13H,4-5,8-10H2,1-3H3,(H,26,27)/b18-12+,24-22+. The predicted octanol–water partition coefficient (Wildman–Crippen LogP) is 4.72. The van der Waals surface area contributed by atoms with Gasteiger partial charge in [-0.15, -0.1) is 11.3 Å². The summed E-state index contributed by atoms with van der Waals surface area (Å²) in [5.74, 6) is -0.0541. The summed E-state index contributed by atoms with van der Waals surface area (Å²) in [6.07, 6.45) is 2.51. The molecule has 1 N–H and O–H groups in total. The maximum atomic E-state index is 13.0. The zero-order chi connectivity index (χ0) is 23.1. The molecule has 170 valence electrons. The Balaban J connectivity index is 1.85. The number of carboxylic acid groups (broad SMARTS) is 1. The van der Waals surface area contributed by atoms with E-state index in [1.807, 2.05) is 32.2 Å². The summed E-state index contributed by atoms with van der Waals surface area (Å²) in [4.78, 5) is 34.9. The van der Waals surface area contributed by atoms with Crippen LogP contribution in [0.5, 0.6) is 11.5 Å². The summed E-state index contributed by atoms with van der Waals surface area (Å²) in [6.45, 7) is 6.83. The van der Waals surface area contributed by atoms with Gasteiger partial charge in [-0.3, -0.25) is 14.5 Å². The first-order valence-corrected chi connectivity index (χ1v) is 11.9. The number of nitrogens with zero attached hydrogens (tertiary/aromatic N) is 3. The van der Waals surface area contributed by atoms with Crippen LogP contribution in [-0.2, 0) is 9.59 Å². The van der Waals surface area contributed by atoms with Gasteiger partial charge in [-0.05, 0) is 55.8 Å². The van der Waals surface area contributed by atoms with E-state index >= 15 is 0 Å². The van der Waals surface area contributed by atoms with Crippen LogP contribution >= 0.6 is 23.1 Å². The van der Waals surface area contributed by atoms with E-state index in [2.05, 4.69) is 9.98 Å². The van der Waals surface area contributed by atoms with Crippen molar-refractivity contribution in [2.45, 2.75) is 33.6 Å². The quantitative estimate of drug-likeness (QED) is 0.496. The zero-order valence-electron chi connectivity index (χ0n) is 18.2. The molecule has 0 radical (unpaired) electrons. The number of hydrogen-bond donors (Lipinski definition) is 1. The Hall–Kier alpha value is -2.85. The number of amides is 1. The number of benzene rings is 1. The number of thiazole rings is 1. The first-order chi connectivity index (χ1) is 15.4. The molecule has 0 unspecified atom stereocenters. The van der Waals surface area contributed by atoms with Gasteiger partial charge in [0.2, 0.25) is 5.13 Å². The van der Waals surface area contributed by atoms with Gasteiger partial charge in [-0.1, -0.05) is 13.0 Å². The zero-order valence-corrected chi connectivity index (χ0v) is 19.8. The molecule has 3 rings (SSSR count). The second-order valence-electron chi connectivity index (χ2n) is 6.86. The van der Waals surface area contributed by atoms with Gasteiger partial charge < -0.3 is 14.6 Å². The number of ether oxygens (including phenoxy) is 2. The number of aryl methyl sites for hydroxylation is 1. The average molecular weight is 476 g/mol. The molecule has 10 heteroatoms. The Morgan fingerprint density at radius 1 is 1.28 bits per heavy atom. The summed E-state index contributed by atoms with van der Waals surface area (Å²) in [5, 5.41) is 12.0. The van der Waals surface area contributed by atoms with E-state index < -0.39 is 5.97 Å². The molecule has 0 bridgehead atoms. The fraction of sp³-hybridized carbons (Fsp3) is 0.364. The molecule has 8 nitrogen and oxygen atoms in total. The van der Waals surface area contributed by atoms with Gasteiger partial charge in [0, 0.05) is 11.9 Å². The number of amidine groups is 1. The van der Waals surface area contributed by atoms with Crippen LogP contribution in [0.1, 0.15) is 37.9 Å². The Morgan fingerprint density at radius 2 is 2.09 bits per heavy atom. The minimum atomic E-state index is -0.928. The lowest BCUT2D eigenvalue weighted by Crippen LogP contribution is -2.29. The lowest BCUT2D eigenvalue weighted by Gasteiger charge is -2.13. The van der Waals surface area contributed by atoms with Crippen molar-refractivity contribution in [2.24, 2.45) is 4.99 Å². The molecular weight excluding hydrogens is 450 g/mol. The van der Waals surface area contributed by atoms with Crippen molar-refractivity contribution >= 4 is 51.4 Å². The first kappa shape index (κ1) is 23.8. The molecule has 1 amide bonds. The van der Waals surface area contributed by atoms with E-state index in [9.17, 15) is 9.59 Å². The average Bonchev–Trinajstić information content (AvgIpc) is 3.28. The molecule has 1 aromatic heterocycles. The van der Waals surface area contributed by atoms with Crippen LogP contribution in [0.3, 0.4) is 0 Å². The Labute approximate surface area is 195 Å². The second-order valence-corrected chi connectivity index (χ2v) is 8.71. The highest BCUT2D eigenvalue weighted by molar-refractivity contribution is 8.18. The van der Waals surface area contributed by atoms with Gasteiger partial charge in [0.05, 0.1) is 30.2 Å². The molecule has 1 aliphatic heterocycles. The monoisotopic (exact) mass is 475 g/mol. The van der Waals surface area contributed by atoms with E-state index in [0.29, 0.717) is 39.9 Å². The minimum Gasteiger partial charge on any atom is -0.490 e. The van der Waals surface area contributed by atoms with Gasteiger partial charge in [-0.25, -0.2) is 4.98 Å². The van der Waals surface area contributed by atoms with Gasteiger partial charge in [-0.2, -0.15) is 4.99 Å². The van der Waals surface area contributed by atoms with Crippen LogP contribution in [-0.4, -0.2) is 51.8 Å². The lowest BCUT2D eigenvalue weighted by atomic mass is 10.2. The van der Waals surface area contributed by atoms with Crippen LogP contribution in [0.25, 0.3) is 6.08 Å². The molecule has 0 saturated carbocycles. The van der Waals surface area contributed by atoms with Crippen molar-refractivity contribution in [2.75, 3.05) is 19.8 Å². The number of aliphatic imine (C=N–C) groups is 1. The van der Waals surface area contributed by atoms with Crippen molar-refractivity contribution in [3.63, 3.8) is 0 Å². The first-order valence-electron chi connectivity index (χ1n) is 10.2. The third kappa shape index (κ3) is 6.10. The van der Waals surface area contributed by atoms with Gasteiger partial charge in [0.25, 0.3) is 5.91 Å². The maximum Gasteiger partial charge on any atom is 0.306 e. The molecule has 0 spiro atoms. The van der Waals surface area contributed by atoms with Crippen LogP contribution in [0.2, 0.25) is 0 Å². The smallest absolute Gasteiger partial charge is 0.306 e. The number of carboxylic acids is 1. The molecule has 0 aliphatic carbocycles. The molecular formula is C22H25N3O5S2. The van der Waals surface area contributed by atoms with Crippen LogP contribution in [0, 0.1) is 6.92 Å². The summed E-state index contributed by atoms with van der Waals surface area (Å²) in [6, 6.07) is 5.31. The SMILES string of the molecule is CCCN1C(=O)/C(=C\c2ccc(OCCC(=O)O)c(OCC)c2)S/C1=N/c1nc(C)cs1. The van der Waals surface area contributed by atoms with Gasteiger partial charge in [0.15, 0.2) is 16.7 Å². The van der Waals surface area contributed by atoms with Crippen molar-refractivity contribution in [3.8, 4) is 11.5 Å². The van der Waals surface area contributed by atoms with Crippen molar-refractivity contribution in [1.82, 2.24) is 9.88 Å². The fourth-order valence-electron chi connectivity index (χ4n) is 2.89. The Morgan fingerprint density at radius 3 is 2.75 bits per heavy atom. The topological polar surface area (TPSA) is 101 Å². The Kier molecular flexibility index (Phi) is 8.29. The minimum absolute atomic E-state index is 0.0478. The predicted molar refractivity (Wildman–Crippen MR) is 127 cm³/mol. The number of carbonyl (C=O) groups is 2. The summed E-state index contributed by atoms with van der Waals surface area (Å²) in [5.41, 5.74) is 1.67. The van der Waals surface area contributed by atoms with E-state index in [4.69, 9.17) is 14.6 Å². The third-order valence-corrected chi connectivity index (χ3v) is 6.13. The molecule has 2 aromatic rings. The molecule has 32 heavy (non-hydrogen) atoms. The highest BCUT2D eigenvalue weighted by Crippen LogP contribution is 2.36. The summed E-state index contributed by atoms with van der Waals surface area (Å²) < 4.78 is 11.2. The van der Waals surface area contributed by atoms with E-state index in [0.717, 1.165) is 17.7 Å². The van der Waals surface area contributed by atoms with Crippen molar-refractivity contribution < 1.29 is 24.2 Å². The van der Waals surface area contributed by atoms with E-state index in [1.54, 1.807) is 23.1 Å². The molecule has 2 heterocycles. The molecule has 1 aromatic carbocycles. The number of aliphatic carboxylic acids is 1. The highest BCUT2D eigenvalue weighted by Gasteiger charge is 2.33. The number of carbonyl (C=O) groups excluding carboxylic acids is 1. The number of aromatic nitrogens is 1. The normalized spacial score (nSPS) is 16.2. The molecule has 1 aliphatic rings. The lowest BCUT2D eigenvalue weighted by molar-refractivity contribution is -0.137. The molecule has 1 saturated heterocycles. The summed E-state index contributed by atoms with van der Waals surface area (Å²) >= 11 is 2.77. The summed E-state index contributed by atoms with van der Waals surface area (Å²) in [7, 11) is 0. The second kappa shape index (κ2) is 11.1. The molecule has 0 atom stereocenters. The fourth-order valence-corrected chi connectivity index (χ4v) is 4.62. The van der Waals surface area contributed by atoms with Gasteiger partial charge in [0.1, 0.15) is 0 Å². The number of hydrogen-bond acceptors (Lipinski definition) is 8. The largest absolute Gasteiger partial charge is 0.490 e. The van der Waals surface area contributed by atoms with Crippen LogP contribution in [0.4, 0.5) is 5.13 Å². The van der Waals surface area contributed by atoms with E-state index in [-0.39, 0.29) is 18.9 Å². The van der Waals surface area contributed by atoms with Crippen LogP contribution in [0.15, 0.2) is 33.5 Å². The van der Waals surface area contributed by atoms with E-state index in [1.165, 1.54) is 23.1 Å². The molecule has 1 fully saturated rings. The maximum absolute atomic E-state index is 13.0. The third-order valence-electron chi connectivity index (χ3n) is 4.27. The Bertz CT molecular complexity index is 1050. The van der Waals surface area contributed by atoms with Crippen LogP contribution < -0.4 is 9.47 Å². The number of rotatable bonds is 10. The highest BCUT2D eigenvalue weighted by atomic mass is 32.2. The van der Waals surface area contributed by atoms with Gasteiger partial charge >= 0.3 is 5.97 Å². The van der Waals surface area contributed by atoms with Crippen molar-refractivity contribution in [1.29, 1.82) is 0 Å². The van der Waals surface area contributed by atoms with Crippen molar-refractivity contribution in [3.05, 3.63) is 39.7 Å².